The molecular formula is C18H29NO2. The Morgan fingerprint density at radius 2 is 1.57 bits per heavy atom. The third-order valence-corrected chi connectivity index (χ3v) is 4.44. The summed E-state index contributed by atoms with van der Waals surface area (Å²) in [6.07, 6.45) is 0. The average Bonchev–Trinajstić information content (AvgIpc) is 2.46. The molecule has 1 aromatic rings. The average molecular weight is 291 g/mol. The Morgan fingerprint density at radius 3 is 2.19 bits per heavy atom. The molecule has 0 spiro atoms. The monoisotopic (exact) mass is 291 g/mol. The van der Waals surface area contributed by atoms with Crippen molar-refractivity contribution >= 4 is 0 Å². The molecule has 0 saturated heterocycles. The molecule has 118 valence electrons. The maximum absolute atomic E-state index is 5.66. The lowest BCUT2D eigenvalue weighted by Crippen LogP contribution is -2.31. The first kappa shape index (κ1) is 16.2. The minimum Gasteiger partial charge on any atom is -0.486 e. The highest BCUT2D eigenvalue weighted by atomic mass is 16.6. The third-order valence-electron chi connectivity index (χ3n) is 4.44. The van der Waals surface area contributed by atoms with Crippen LogP contribution in [0, 0.1) is 17.8 Å². The van der Waals surface area contributed by atoms with Gasteiger partial charge in [0.25, 0.3) is 0 Å². The predicted octanol–water partition coefficient (Wildman–Crippen LogP) is 4.04. The van der Waals surface area contributed by atoms with Crippen molar-refractivity contribution in [3.63, 3.8) is 0 Å². The lowest BCUT2D eigenvalue weighted by molar-refractivity contribution is 0.171. The van der Waals surface area contributed by atoms with Crippen molar-refractivity contribution in [1.29, 1.82) is 0 Å². The molecule has 1 aromatic carbocycles. The normalized spacial score (nSPS) is 15.8. The Kier molecular flexibility index (Phi) is 5.51. The van der Waals surface area contributed by atoms with Gasteiger partial charge in [0.05, 0.1) is 0 Å². The van der Waals surface area contributed by atoms with Gasteiger partial charge in [-0.2, -0.15) is 0 Å². The molecule has 2 rings (SSSR count). The molecule has 1 heterocycles. The summed E-state index contributed by atoms with van der Waals surface area (Å²) in [4.78, 5) is 0. The zero-order chi connectivity index (χ0) is 15.4. The van der Waals surface area contributed by atoms with Gasteiger partial charge >= 0.3 is 0 Å². The van der Waals surface area contributed by atoms with E-state index in [1.165, 1.54) is 5.56 Å². The van der Waals surface area contributed by atoms with E-state index in [2.05, 4.69) is 52.1 Å². The Balaban J connectivity index is 1.98. The Hall–Kier alpha value is -1.22. The van der Waals surface area contributed by atoms with Crippen LogP contribution in [0.5, 0.6) is 11.5 Å². The summed E-state index contributed by atoms with van der Waals surface area (Å²) in [6.45, 7) is 13.8. The number of rotatable bonds is 6. The van der Waals surface area contributed by atoms with E-state index in [9.17, 15) is 0 Å². The van der Waals surface area contributed by atoms with Gasteiger partial charge in [0.15, 0.2) is 11.5 Å². The molecule has 3 nitrogen and oxygen atoms in total. The Morgan fingerprint density at radius 1 is 0.952 bits per heavy atom. The van der Waals surface area contributed by atoms with Crippen LogP contribution in [0.2, 0.25) is 0 Å². The van der Waals surface area contributed by atoms with Gasteiger partial charge in [0.1, 0.15) is 13.2 Å². The smallest absolute Gasteiger partial charge is 0.161 e. The van der Waals surface area contributed by atoms with Gasteiger partial charge in [-0.3, -0.25) is 0 Å². The van der Waals surface area contributed by atoms with Crippen molar-refractivity contribution < 1.29 is 9.47 Å². The molecule has 21 heavy (non-hydrogen) atoms. The second-order valence-electron chi connectivity index (χ2n) is 6.68. The van der Waals surface area contributed by atoms with E-state index in [4.69, 9.17) is 9.47 Å². The van der Waals surface area contributed by atoms with Crippen molar-refractivity contribution in [1.82, 2.24) is 5.32 Å². The van der Waals surface area contributed by atoms with Gasteiger partial charge in [0.2, 0.25) is 0 Å². The number of benzene rings is 1. The highest BCUT2D eigenvalue weighted by Gasteiger charge is 2.19. The summed E-state index contributed by atoms with van der Waals surface area (Å²) in [5, 5.41) is 3.67. The van der Waals surface area contributed by atoms with Gasteiger partial charge in [-0.1, -0.05) is 33.8 Å². The van der Waals surface area contributed by atoms with Gasteiger partial charge in [-0.05, 0) is 48.9 Å². The molecule has 0 aliphatic carbocycles. The van der Waals surface area contributed by atoms with Crippen molar-refractivity contribution in [2.24, 2.45) is 17.8 Å². The van der Waals surface area contributed by atoms with E-state index in [0.29, 0.717) is 37.0 Å². The molecule has 0 fully saturated rings. The van der Waals surface area contributed by atoms with Crippen LogP contribution in [-0.4, -0.2) is 19.8 Å². The first-order valence-electron chi connectivity index (χ1n) is 8.12. The summed E-state index contributed by atoms with van der Waals surface area (Å²) in [6, 6.07) is 6.57. The molecule has 1 aliphatic rings. The lowest BCUT2D eigenvalue weighted by atomic mass is 9.85. The summed E-state index contributed by atoms with van der Waals surface area (Å²) in [7, 11) is 0. The summed E-state index contributed by atoms with van der Waals surface area (Å²) >= 11 is 0. The van der Waals surface area contributed by atoms with Crippen molar-refractivity contribution in [2.45, 2.75) is 40.7 Å². The van der Waals surface area contributed by atoms with E-state index in [-0.39, 0.29) is 0 Å². The second-order valence-corrected chi connectivity index (χ2v) is 6.68. The topological polar surface area (TPSA) is 30.5 Å². The van der Waals surface area contributed by atoms with E-state index >= 15 is 0 Å². The molecule has 1 aliphatic heterocycles. The van der Waals surface area contributed by atoms with Gasteiger partial charge in [0, 0.05) is 6.04 Å². The minimum absolute atomic E-state index is 0.320. The van der Waals surface area contributed by atoms with Crippen LogP contribution >= 0.6 is 0 Å². The summed E-state index contributed by atoms with van der Waals surface area (Å²) < 4.78 is 11.2. The van der Waals surface area contributed by atoms with E-state index in [1.807, 2.05) is 6.07 Å². The van der Waals surface area contributed by atoms with Crippen LogP contribution in [0.25, 0.3) is 0 Å². The Bertz CT molecular complexity index is 449. The van der Waals surface area contributed by atoms with Crippen molar-refractivity contribution in [2.75, 3.05) is 19.8 Å². The standard InChI is InChI=1S/C18H29NO2/c1-12(2)16(13(3)4)11-19-14(5)15-6-7-17-18(10-15)21-9-8-20-17/h6-7,10,12-14,16,19H,8-9,11H2,1-5H3. The zero-order valence-corrected chi connectivity index (χ0v) is 14.0. The molecule has 1 unspecified atom stereocenters. The zero-order valence-electron chi connectivity index (χ0n) is 14.0. The molecule has 0 amide bonds. The van der Waals surface area contributed by atoms with E-state index in [0.717, 1.165) is 18.0 Å². The van der Waals surface area contributed by atoms with Crippen LogP contribution in [0.15, 0.2) is 18.2 Å². The third kappa shape index (κ3) is 4.13. The number of hydrogen-bond acceptors (Lipinski definition) is 3. The van der Waals surface area contributed by atoms with E-state index < -0.39 is 0 Å². The number of nitrogens with one attached hydrogen (secondary N) is 1. The molecule has 1 N–H and O–H groups in total. The highest BCUT2D eigenvalue weighted by molar-refractivity contribution is 5.44. The lowest BCUT2D eigenvalue weighted by Gasteiger charge is -2.27. The second kappa shape index (κ2) is 7.17. The molecule has 3 heteroatoms. The van der Waals surface area contributed by atoms with Crippen molar-refractivity contribution in [3.8, 4) is 11.5 Å². The van der Waals surface area contributed by atoms with Gasteiger partial charge in [-0.25, -0.2) is 0 Å². The number of ether oxygens (including phenoxy) is 2. The highest BCUT2D eigenvalue weighted by Crippen LogP contribution is 2.32. The molecule has 0 aromatic heterocycles. The molecular weight excluding hydrogens is 262 g/mol. The molecule has 0 saturated carbocycles. The first-order valence-corrected chi connectivity index (χ1v) is 8.12. The van der Waals surface area contributed by atoms with E-state index in [1.54, 1.807) is 0 Å². The quantitative estimate of drug-likeness (QED) is 0.858. The molecule has 0 radical (unpaired) electrons. The summed E-state index contributed by atoms with van der Waals surface area (Å²) in [5.41, 5.74) is 1.26. The van der Waals surface area contributed by atoms with Gasteiger partial charge in [-0.15, -0.1) is 0 Å². The maximum atomic E-state index is 5.66. The largest absolute Gasteiger partial charge is 0.486 e. The fourth-order valence-corrected chi connectivity index (χ4v) is 3.00. The first-order chi connectivity index (χ1) is 9.99. The molecule has 0 bridgehead atoms. The number of fused-ring (bicyclic) bond motifs is 1. The predicted molar refractivity (Wildman–Crippen MR) is 87.0 cm³/mol. The maximum Gasteiger partial charge on any atom is 0.161 e. The minimum atomic E-state index is 0.320. The van der Waals surface area contributed by atoms with Crippen LogP contribution in [0.3, 0.4) is 0 Å². The van der Waals surface area contributed by atoms with Crippen LogP contribution in [0.4, 0.5) is 0 Å². The Labute approximate surface area is 129 Å². The molecule has 1 atom stereocenters. The SMILES string of the molecule is CC(NCC(C(C)C)C(C)C)c1ccc2c(c1)OCCO2. The van der Waals surface area contributed by atoms with Crippen LogP contribution in [0.1, 0.15) is 46.2 Å². The fraction of sp³-hybridized carbons (Fsp3) is 0.667. The van der Waals surface area contributed by atoms with Gasteiger partial charge < -0.3 is 14.8 Å². The fourth-order valence-electron chi connectivity index (χ4n) is 3.00. The van der Waals surface area contributed by atoms with Crippen LogP contribution < -0.4 is 14.8 Å². The summed E-state index contributed by atoms with van der Waals surface area (Å²) in [5.74, 6) is 3.83. The van der Waals surface area contributed by atoms with Crippen LogP contribution in [-0.2, 0) is 0 Å². The number of hydrogen-bond donors (Lipinski definition) is 1. The van der Waals surface area contributed by atoms with Crippen molar-refractivity contribution in [3.05, 3.63) is 23.8 Å².